The molecule has 0 saturated heterocycles. The average molecular weight is 275 g/mol. The van der Waals surface area contributed by atoms with Crippen molar-refractivity contribution in [3.63, 3.8) is 0 Å². The third kappa shape index (κ3) is 5.15. The van der Waals surface area contributed by atoms with Crippen molar-refractivity contribution in [1.82, 2.24) is 5.32 Å². The van der Waals surface area contributed by atoms with Crippen molar-refractivity contribution in [1.29, 1.82) is 0 Å². The number of hydrogen-bond donors (Lipinski definition) is 1. The maximum absolute atomic E-state index is 5.81. The minimum Gasteiger partial charge on any atom is -0.373 e. The van der Waals surface area contributed by atoms with Gasteiger partial charge in [0.15, 0.2) is 0 Å². The van der Waals surface area contributed by atoms with Gasteiger partial charge >= 0.3 is 0 Å². The van der Waals surface area contributed by atoms with Crippen LogP contribution in [-0.2, 0) is 11.2 Å². The Morgan fingerprint density at radius 2 is 1.95 bits per heavy atom. The van der Waals surface area contributed by atoms with Crippen LogP contribution in [0.15, 0.2) is 47.8 Å². The lowest BCUT2D eigenvalue weighted by atomic mass is 10.1. The summed E-state index contributed by atoms with van der Waals surface area (Å²) in [7, 11) is 0. The van der Waals surface area contributed by atoms with Gasteiger partial charge in [-0.1, -0.05) is 36.4 Å². The first-order valence-corrected chi connectivity index (χ1v) is 7.64. The number of benzene rings is 1. The van der Waals surface area contributed by atoms with E-state index in [1.165, 1.54) is 10.4 Å². The Labute approximate surface area is 119 Å². The van der Waals surface area contributed by atoms with Gasteiger partial charge in [-0.05, 0) is 30.4 Å². The lowest BCUT2D eigenvalue weighted by Crippen LogP contribution is -2.22. The van der Waals surface area contributed by atoms with Crippen molar-refractivity contribution < 1.29 is 4.74 Å². The normalized spacial score (nSPS) is 12.5. The largest absolute Gasteiger partial charge is 0.373 e. The Bertz CT molecular complexity index is 441. The van der Waals surface area contributed by atoms with E-state index in [4.69, 9.17) is 4.74 Å². The molecule has 3 heteroatoms. The molecule has 0 amide bonds. The van der Waals surface area contributed by atoms with Gasteiger partial charge in [-0.15, -0.1) is 11.3 Å². The van der Waals surface area contributed by atoms with Crippen LogP contribution in [-0.4, -0.2) is 19.7 Å². The van der Waals surface area contributed by atoms with E-state index in [9.17, 15) is 0 Å². The molecule has 1 N–H and O–H groups in total. The summed E-state index contributed by atoms with van der Waals surface area (Å²) in [6.45, 7) is 4.77. The van der Waals surface area contributed by atoms with Crippen LogP contribution in [0.1, 0.15) is 23.5 Å². The second-order valence-electron chi connectivity index (χ2n) is 4.50. The highest BCUT2D eigenvalue weighted by molar-refractivity contribution is 7.09. The molecule has 102 valence electrons. The quantitative estimate of drug-likeness (QED) is 0.742. The Morgan fingerprint density at radius 1 is 1.11 bits per heavy atom. The Morgan fingerprint density at radius 3 is 2.68 bits per heavy atom. The SMILES string of the molecule is CC(OCCNCCc1cccs1)c1ccccc1. The number of thiophene rings is 1. The van der Waals surface area contributed by atoms with Crippen LogP contribution in [0.3, 0.4) is 0 Å². The molecule has 0 aliphatic rings. The summed E-state index contributed by atoms with van der Waals surface area (Å²) >= 11 is 1.82. The molecule has 1 atom stereocenters. The Kier molecular flexibility index (Phi) is 6.08. The van der Waals surface area contributed by atoms with Crippen LogP contribution in [0.4, 0.5) is 0 Å². The van der Waals surface area contributed by atoms with Gasteiger partial charge in [0.05, 0.1) is 12.7 Å². The molecule has 2 aromatic rings. The van der Waals surface area contributed by atoms with Crippen LogP contribution in [0, 0.1) is 0 Å². The van der Waals surface area contributed by atoms with Gasteiger partial charge in [-0.25, -0.2) is 0 Å². The van der Waals surface area contributed by atoms with Gasteiger partial charge in [-0.2, -0.15) is 0 Å². The standard InChI is InChI=1S/C16H21NOS/c1-14(15-6-3-2-4-7-15)18-12-11-17-10-9-16-8-5-13-19-16/h2-8,13-14,17H,9-12H2,1H3. The topological polar surface area (TPSA) is 21.3 Å². The summed E-state index contributed by atoms with van der Waals surface area (Å²) in [5.74, 6) is 0. The fraction of sp³-hybridized carbons (Fsp3) is 0.375. The summed E-state index contributed by atoms with van der Waals surface area (Å²) in [5, 5.41) is 5.54. The summed E-state index contributed by atoms with van der Waals surface area (Å²) in [5.41, 5.74) is 1.24. The zero-order chi connectivity index (χ0) is 13.3. The van der Waals surface area contributed by atoms with Crippen molar-refractivity contribution in [3.8, 4) is 0 Å². The summed E-state index contributed by atoms with van der Waals surface area (Å²) < 4.78 is 5.81. The summed E-state index contributed by atoms with van der Waals surface area (Å²) in [6, 6.07) is 14.6. The Hall–Kier alpha value is -1.16. The number of ether oxygens (including phenoxy) is 1. The van der Waals surface area contributed by atoms with Gasteiger partial charge in [0.25, 0.3) is 0 Å². The first-order chi connectivity index (χ1) is 9.36. The fourth-order valence-electron chi connectivity index (χ4n) is 1.92. The lowest BCUT2D eigenvalue weighted by Gasteiger charge is -2.13. The highest BCUT2D eigenvalue weighted by atomic mass is 32.1. The van der Waals surface area contributed by atoms with Crippen LogP contribution < -0.4 is 5.32 Å². The molecule has 2 rings (SSSR count). The van der Waals surface area contributed by atoms with Crippen molar-refractivity contribution in [2.24, 2.45) is 0 Å². The van der Waals surface area contributed by atoms with Gasteiger partial charge in [0.2, 0.25) is 0 Å². The fourth-order valence-corrected chi connectivity index (χ4v) is 2.63. The molecule has 1 heterocycles. The zero-order valence-corrected chi connectivity index (χ0v) is 12.2. The van der Waals surface area contributed by atoms with E-state index in [1.54, 1.807) is 0 Å². The number of nitrogens with one attached hydrogen (secondary N) is 1. The number of hydrogen-bond acceptors (Lipinski definition) is 3. The molecule has 0 fully saturated rings. The van der Waals surface area contributed by atoms with Gasteiger partial charge in [-0.3, -0.25) is 0 Å². The molecule has 1 aromatic heterocycles. The molecule has 2 nitrogen and oxygen atoms in total. The van der Waals surface area contributed by atoms with Crippen molar-refractivity contribution in [2.75, 3.05) is 19.7 Å². The van der Waals surface area contributed by atoms with Crippen LogP contribution in [0.2, 0.25) is 0 Å². The molecule has 0 radical (unpaired) electrons. The molecular formula is C16H21NOS. The Balaban J connectivity index is 1.54. The third-order valence-corrected chi connectivity index (χ3v) is 3.98. The molecule has 0 aliphatic carbocycles. The highest BCUT2D eigenvalue weighted by Crippen LogP contribution is 2.15. The monoisotopic (exact) mass is 275 g/mol. The van der Waals surface area contributed by atoms with E-state index in [2.05, 4.69) is 54.0 Å². The maximum atomic E-state index is 5.81. The van der Waals surface area contributed by atoms with Crippen molar-refractivity contribution in [3.05, 3.63) is 58.3 Å². The maximum Gasteiger partial charge on any atom is 0.0797 e. The van der Waals surface area contributed by atoms with E-state index in [0.717, 1.165) is 26.1 Å². The smallest absolute Gasteiger partial charge is 0.0797 e. The zero-order valence-electron chi connectivity index (χ0n) is 11.3. The molecular weight excluding hydrogens is 254 g/mol. The third-order valence-electron chi connectivity index (χ3n) is 3.04. The molecule has 0 aliphatic heterocycles. The second-order valence-corrected chi connectivity index (χ2v) is 5.54. The van der Waals surface area contributed by atoms with Crippen LogP contribution >= 0.6 is 11.3 Å². The summed E-state index contributed by atoms with van der Waals surface area (Å²) in [4.78, 5) is 1.44. The summed E-state index contributed by atoms with van der Waals surface area (Å²) in [6.07, 6.45) is 1.27. The van der Waals surface area contributed by atoms with Crippen LogP contribution in [0.25, 0.3) is 0 Å². The lowest BCUT2D eigenvalue weighted by molar-refractivity contribution is 0.0679. The van der Waals surface area contributed by atoms with Gasteiger partial charge in [0, 0.05) is 18.0 Å². The second kappa shape index (κ2) is 8.10. The van der Waals surface area contributed by atoms with E-state index in [-0.39, 0.29) is 6.10 Å². The number of rotatable bonds is 8. The molecule has 19 heavy (non-hydrogen) atoms. The molecule has 0 saturated carbocycles. The molecule has 0 bridgehead atoms. The highest BCUT2D eigenvalue weighted by Gasteiger charge is 2.03. The predicted octanol–water partition coefficient (Wildman–Crippen LogP) is 3.66. The van der Waals surface area contributed by atoms with Gasteiger partial charge in [0.1, 0.15) is 0 Å². The van der Waals surface area contributed by atoms with E-state index < -0.39 is 0 Å². The minimum absolute atomic E-state index is 0.167. The molecule has 1 aromatic carbocycles. The average Bonchev–Trinajstić information content (AvgIpc) is 2.96. The van der Waals surface area contributed by atoms with Gasteiger partial charge < -0.3 is 10.1 Å². The first-order valence-electron chi connectivity index (χ1n) is 6.76. The van der Waals surface area contributed by atoms with E-state index >= 15 is 0 Å². The molecule has 0 spiro atoms. The van der Waals surface area contributed by atoms with Crippen LogP contribution in [0.5, 0.6) is 0 Å². The van der Waals surface area contributed by atoms with Crippen molar-refractivity contribution >= 4 is 11.3 Å². The predicted molar refractivity (Wildman–Crippen MR) is 81.7 cm³/mol. The molecule has 1 unspecified atom stereocenters. The van der Waals surface area contributed by atoms with E-state index in [0.29, 0.717) is 0 Å². The minimum atomic E-state index is 0.167. The van der Waals surface area contributed by atoms with E-state index in [1.807, 2.05) is 17.4 Å². The first kappa shape index (κ1) is 14.3. The van der Waals surface area contributed by atoms with Crippen molar-refractivity contribution in [2.45, 2.75) is 19.4 Å².